The number of aromatic amines is 1. The van der Waals surface area contributed by atoms with Crippen molar-refractivity contribution in [3.8, 4) is 11.1 Å². The summed E-state index contributed by atoms with van der Waals surface area (Å²) in [4.78, 5) is 27.5. The van der Waals surface area contributed by atoms with Crippen molar-refractivity contribution in [1.29, 1.82) is 0 Å². The fourth-order valence-electron chi connectivity index (χ4n) is 2.59. The molecular weight excluding hydrogens is 348 g/mol. The number of rotatable bonds is 5. The molecule has 1 amide bonds. The predicted molar refractivity (Wildman–Crippen MR) is 103 cm³/mol. The van der Waals surface area contributed by atoms with E-state index in [9.17, 15) is 9.59 Å². The van der Waals surface area contributed by atoms with Crippen LogP contribution in [-0.2, 0) is 6.42 Å². The molecule has 0 radical (unpaired) electrons. The molecule has 2 N–H and O–H groups in total. The van der Waals surface area contributed by atoms with Gasteiger partial charge in [0.1, 0.15) is 10.0 Å². The smallest absolute Gasteiger partial charge is 0.256 e. The highest BCUT2D eigenvalue weighted by Crippen LogP contribution is 2.19. The monoisotopic (exact) mass is 368 g/mol. The maximum atomic E-state index is 12.4. The molecule has 0 fully saturated rings. The van der Waals surface area contributed by atoms with E-state index in [0.29, 0.717) is 24.1 Å². The third kappa shape index (κ3) is 4.05. The molecule has 0 spiro atoms. The third-order valence-corrected chi connectivity index (χ3v) is 5.02. The van der Waals surface area contributed by atoms with E-state index in [0.717, 1.165) is 26.8 Å². The first-order chi connectivity index (χ1) is 12.4. The Bertz CT molecular complexity index is 1010. The van der Waals surface area contributed by atoms with Crippen LogP contribution in [0.1, 0.15) is 31.6 Å². The molecule has 0 saturated heterocycles. The zero-order valence-electron chi connectivity index (χ0n) is 14.9. The average molecular weight is 368 g/mol. The summed E-state index contributed by atoms with van der Waals surface area (Å²) in [6.45, 7) is 6.20. The zero-order chi connectivity index (χ0) is 18.7. The first kappa shape index (κ1) is 18.0. The third-order valence-electron chi connectivity index (χ3n) is 4.13. The van der Waals surface area contributed by atoms with Gasteiger partial charge in [-0.15, -0.1) is 21.5 Å². The Morgan fingerprint density at radius 2 is 2.00 bits per heavy atom. The van der Waals surface area contributed by atoms with Crippen LogP contribution in [0.25, 0.3) is 11.1 Å². The lowest BCUT2D eigenvalue weighted by molar-refractivity contribution is 0.0954. The van der Waals surface area contributed by atoms with Gasteiger partial charge in [-0.25, -0.2) is 0 Å². The number of amides is 1. The topological polar surface area (TPSA) is 87.7 Å². The Labute approximate surface area is 155 Å². The first-order valence-electron chi connectivity index (χ1n) is 8.32. The van der Waals surface area contributed by atoms with Crippen LogP contribution in [0.2, 0.25) is 0 Å². The molecule has 0 saturated carbocycles. The van der Waals surface area contributed by atoms with Crippen molar-refractivity contribution in [2.45, 2.75) is 27.2 Å². The number of carbonyl (C=O) groups is 1. The highest BCUT2D eigenvalue weighted by molar-refractivity contribution is 7.11. The van der Waals surface area contributed by atoms with Gasteiger partial charge in [0.05, 0.1) is 0 Å². The molecule has 7 heteroatoms. The molecule has 134 valence electrons. The molecule has 2 heterocycles. The van der Waals surface area contributed by atoms with Crippen LogP contribution in [0.15, 0.2) is 35.1 Å². The molecule has 0 aliphatic carbocycles. The number of nitrogens with one attached hydrogen (secondary N) is 2. The minimum Gasteiger partial charge on any atom is -0.352 e. The number of benzene rings is 1. The van der Waals surface area contributed by atoms with Crippen LogP contribution in [0.5, 0.6) is 0 Å². The van der Waals surface area contributed by atoms with Gasteiger partial charge in [0.2, 0.25) is 0 Å². The number of aryl methyl sites for hydroxylation is 3. The van der Waals surface area contributed by atoms with Gasteiger partial charge in [0.25, 0.3) is 11.5 Å². The minimum atomic E-state index is -0.173. The highest BCUT2D eigenvalue weighted by atomic mass is 32.1. The summed E-state index contributed by atoms with van der Waals surface area (Å²) in [5.41, 5.74) is 3.50. The Balaban J connectivity index is 1.73. The van der Waals surface area contributed by atoms with Gasteiger partial charge >= 0.3 is 0 Å². The summed E-state index contributed by atoms with van der Waals surface area (Å²) in [7, 11) is 0. The Hall–Kier alpha value is -2.80. The molecule has 2 aromatic heterocycles. The van der Waals surface area contributed by atoms with E-state index in [2.05, 4.69) is 20.5 Å². The van der Waals surface area contributed by atoms with Gasteiger partial charge < -0.3 is 10.3 Å². The van der Waals surface area contributed by atoms with Crippen molar-refractivity contribution in [3.05, 3.63) is 67.5 Å². The lowest BCUT2D eigenvalue weighted by Crippen LogP contribution is -2.25. The largest absolute Gasteiger partial charge is 0.352 e. The first-order valence-corrected chi connectivity index (χ1v) is 9.14. The molecule has 3 rings (SSSR count). The van der Waals surface area contributed by atoms with E-state index in [1.807, 2.05) is 32.9 Å². The molecule has 6 nitrogen and oxygen atoms in total. The zero-order valence-corrected chi connectivity index (χ0v) is 15.7. The lowest BCUT2D eigenvalue weighted by atomic mass is 10.0. The van der Waals surface area contributed by atoms with E-state index in [1.54, 1.807) is 18.2 Å². The number of hydrogen-bond acceptors (Lipinski definition) is 5. The predicted octanol–water partition coefficient (Wildman–Crippen LogP) is 2.79. The fraction of sp³-hybridized carbons (Fsp3) is 0.263. The van der Waals surface area contributed by atoms with Crippen molar-refractivity contribution >= 4 is 17.2 Å². The SMILES string of the molecule is Cc1nnc(CCNC(=O)c2cccc(-c3cc(C)c(C)[nH]c3=O)c2)s1. The number of pyridine rings is 1. The number of carbonyl (C=O) groups excluding carboxylic acids is 1. The normalized spacial score (nSPS) is 10.7. The second-order valence-corrected chi connectivity index (χ2v) is 7.39. The van der Waals surface area contributed by atoms with Crippen LogP contribution >= 0.6 is 11.3 Å². The Morgan fingerprint density at radius 3 is 2.73 bits per heavy atom. The number of aromatic nitrogens is 3. The maximum absolute atomic E-state index is 12.4. The van der Waals surface area contributed by atoms with Gasteiger partial charge in [-0.2, -0.15) is 0 Å². The van der Waals surface area contributed by atoms with Gasteiger partial charge in [-0.3, -0.25) is 9.59 Å². The molecule has 0 atom stereocenters. The molecule has 26 heavy (non-hydrogen) atoms. The van der Waals surface area contributed by atoms with Crippen molar-refractivity contribution in [2.24, 2.45) is 0 Å². The average Bonchev–Trinajstić information content (AvgIpc) is 3.03. The molecule has 3 aromatic rings. The second-order valence-electron chi connectivity index (χ2n) is 6.12. The number of nitrogens with zero attached hydrogens (tertiary/aromatic N) is 2. The summed E-state index contributed by atoms with van der Waals surface area (Å²) in [5, 5.41) is 12.7. The van der Waals surface area contributed by atoms with Crippen LogP contribution in [0.3, 0.4) is 0 Å². The Kier molecular flexibility index (Phi) is 5.27. The standard InChI is InChI=1S/C19H20N4O2S/c1-11-9-16(19(25)21-12(11)2)14-5-4-6-15(10-14)18(24)20-8-7-17-23-22-13(3)26-17/h4-6,9-10H,7-8H2,1-3H3,(H,20,24)(H,21,25). The molecule has 0 aliphatic rings. The van der Waals surface area contributed by atoms with Gasteiger partial charge in [0.15, 0.2) is 0 Å². The molecule has 0 unspecified atom stereocenters. The van der Waals surface area contributed by atoms with E-state index >= 15 is 0 Å². The van der Waals surface area contributed by atoms with E-state index < -0.39 is 0 Å². The minimum absolute atomic E-state index is 0.155. The quantitative estimate of drug-likeness (QED) is 0.725. The molecule has 1 aromatic carbocycles. The van der Waals surface area contributed by atoms with Crippen molar-refractivity contribution in [1.82, 2.24) is 20.5 Å². The van der Waals surface area contributed by atoms with Crippen molar-refractivity contribution < 1.29 is 4.79 Å². The van der Waals surface area contributed by atoms with Crippen LogP contribution in [-0.4, -0.2) is 27.6 Å². The van der Waals surface area contributed by atoms with Crippen LogP contribution < -0.4 is 10.9 Å². The maximum Gasteiger partial charge on any atom is 0.256 e. The molecular formula is C19H20N4O2S. The van der Waals surface area contributed by atoms with E-state index in [1.165, 1.54) is 11.3 Å². The van der Waals surface area contributed by atoms with Crippen molar-refractivity contribution in [2.75, 3.05) is 6.54 Å². The number of H-pyrrole nitrogens is 1. The van der Waals surface area contributed by atoms with Gasteiger partial charge in [0, 0.05) is 29.8 Å². The van der Waals surface area contributed by atoms with Crippen LogP contribution in [0, 0.1) is 20.8 Å². The van der Waals surface area contributed by atoms with Gasteiger partial charge in [-0.1, -0.05) is 12.1 Å². The van der Waals surface area contributed by atoms with E-state index in [-0.39, 0.29) is 11.5 Å². The number of hydrogen-bond donors (Lipinski definition) is 2. The molecule has 0 aliphatic heterocycles. The van der Waals surface area contributed by atoms with Gasteiger partial charge in [-0.05, 0) is 50.1 Å². The summed E-state index contributed by atoms with van der Waals surface area (Å²) in [6, 6.07) is 8.95. The summed E-state index contributed by atoms with van der Waals surface area (Å²) < 4.78 is 0. The Morgan fingerprint density at radius 1 is 1.19 bits per heavy atom. The highest BCUT2D eigenvalue weighted by Gasteiger charge is 2.10. The van der Waals surface area contributed by atoms with Crippen molar-refractivity contribution in [3.63, 3.8) is 0 Å². The second kappa shape index (κ2) is 7.61. The van der Waals surface area contributed by atoms with Crippen LogP contribution in [0.4, 0.5) is 0 Å². The summed E-state index contributed by atoms with van der Waals surface area (Å²) >= 11 is 1.53. The molecule has 0 bridgehead atoms. The summed E-state index contributed by atoms with van der Waals surface area (Å²) in [5.74, 6) is -0.173. The van der Waals surface area contributed by atoms with E-state index in [4.69, 9.17) is 0 Å². The summed E-state index contributed by atoms with van der Waals surface area (Å²) in [6.07, 6.45) is 0.647. The lowest BCUT2D eigenvalue weighted by Gasteiger charge is -2.08. The fourth-order valence-corrected chi connectivity index (χ4v) is 3.30.